The number of methoxy groups -OCH3 is 1. The van der Waals surface area contributed by atoms with E-state index in [0.29, 0.717) is 30.7 Å². The summed E-state index contributed by atoms with van der Waals surface area (Å²) in [5, 5.41) is 12.5. The smallest absolute Gasteiger partial charge is 0.225 e. The van der Waals surface area contributed by atoms with Crippen LogP contribution in [0.3, 0.4) is 0 Å². The zero-order valence-electron chi connectivity index (χ0n) is 21.1. The lowest BCUT2D eigenvalue weighted by Gasteiger charge is -2.45. The van der Waals surface area contributed by atoms with Crippen LogP contribution in [0.2, 0.25) is 0 Å². The van der Waals surface area contributed by atoms with E-state index >= 15 is 0 Å². The molecular weight excluding hydrogens is 418 g/mol. The van der Waals surface area contributed by atoms with Crippen molar-refractivity contribution in [1.82, 2.24) is 26.4 Å². The number of ether oxygens (including phenoxy) is 1. The highest BCUT2D eigenvalue weighted by Gasteiger charge is 2.49. The van der Waals surface area contributed by atoms with Crippen LogP contribution in [0.25, 0.3) is 0 Å². The van der Waals surface area contributed by atoms with Gasteiger partial charge in [0.05, 0.1) is 18.2 Å². The van der Waals surface area contributed by atoms with Crippen LogP contribution in [-0.4, -0.2) is 67.4 Å². The van der Waals surface area contributed by atoms with Gasteiger partial charge in [-0.2, -0.15) is 0 Å². The molecule has 3 saturated heterocycles. The average Bonchev–Trinajstić information content (AvgIpc) is 3.22. The third kappa shape index (κ3) is 5.39. The SMILES string of the molecule is COC1CCC(C2CC(C(=O)NCC3C(=O)NC(C)CC3C)C3CNN(C(C)C)C3N2)CC1. The molecule has 8 heteroatoms. The summed E-state index contributed by atoms with van der Waals surface area (Å²) < 4.78 is 5.58. The van der Waals surface area contributed by atoms with Gasteiger partial charge in [0.25, 0.3) is 0 Å². The number of nitrogens with one attached hydrogen (secondary N) is 4. The normalized spacial score (nSPS) is 42.1. The summed E-state index contributed by atoms with van der Waals surface area (Å²) in [5.41, 5.74) is 3.55. The number of nitrogens with zero attached hydrogens (tertiary/aromatic N) is 1. The van der Waals surface area contributed by atoms with E-state index in [-0.39, 0.29) is 47.7 Å². The standard InChI is InChI=1S/C25H45N5O3/c1-14(2)30-23-21(13-27-30)19(11-22(29-23)17-6-8-18(33-5)9-7-17)24(31)26-12-20-15(3)10-16(4)28-25(20)32/h14-23,27,29H,6-13H2,1-5H3,(H,26,31)(H,28,32). The molecule has 0 spiro atoms. The molecule has 0 radical (unpaired) electrons. The maximum atomic E-state index is 13.5. The summed E-state index contributed by atoms with van der Waals surface area (Å²) in [6, 6.07) is 0.900. The number of carbonyl (C=O) groups is 2. The number of fused-ring (bicyclic) bond motifs is 1. The molecule has 0 aromatic heterocycles. The quantitative estimate of drug-likeness (QED) is 0.478. The number of amides is 2. The molecule has 0 aromatic carbocycles. The first-order valence-electron chi connectivity index (χ1n) is 13.2. The molecule has 3 aliphatic heterocycles. The van der Waals surface area contributed by atoms with Crippen molar-refractivity contribution >= 4 is 11.8 Å². The number of hydrazine groups is 1. The van der Waals surface area contributed by atoms with Crippen molar-refractivity contribution < 1.29 is 14.3 Å². The fraction of sp³-hybridized carbons (Fsp3) is 0.920. The highest BCUT2D eigenvalue weighted by molar-refractivity contribution is 5.83. The van der Waals surface area contributed by atoms with Gasteiger partial charge in [0.15, 0.2) is 0 Å². The molecule has 1 aliphatic carbocycles. The molecule has 4 aliphatic rings. The van der Waals surface area contributed by atoms with Gasteiger partial charge in [0.1, 0.15) is 0 Å². The van der Waals surface area contributed by atoms with E-state index in [0.717, 1.165) is 45.1 Å². The van der Waals surface area contributed by atoms with Gasteiger partial charge in [-0.25, -0.2) is 5.01 Å². The van der Waals surface area contributed by atoms with Crippen LogP contribution in [0.15, 0.2) is 0 Å². The minimum absolute atomic E-state index is 0.0430. The molecule has 7 unspecified atom stereocenters. The summed E-state index contributed by atoms with van der Waals surface area (Å²) in [6.45, 7) is 9.82. The average molecular weight is 464 g/mol. The van der Waals surface area contributed by atoms with Crippen LogP contribution in [0, 0.1) is 29.6 Å². The molecule has 4 fully saturated rings. The molecule has 188 valence electrons. The van der Waals surface area contributed by atoms with Crippen LogP contribution in [0.5, 0.6) is 0 Å². The fourth-order valence-corrected chi connectivity index (χ4v) is 6.81. The lowest BCUT2D eigenvalue weighted by molar-refractivity contribution is -0.132. The molecule has 1 saturated carbocycles. The summed E-state index contributed by atoms with van der Waals surface area (Å²) >= 11 is 0. The molecule has 3 heterocycles. The second-order valence-electron chi connectivity index (χ2n) is 11.3. The largest absolute Gasteiger partial charge is 0.381 e. The zero-order chi connectivity index (χ0) is 23.7. The van der Waals surface area contributed by atoms with Gasteiger partial charge in [-0.05, 0) is 71.1 Å². The van der Waals surface area contributed by atoms with Crippen molar-refractivity contribution in [2.45, 2.75) is 96.6 Å². The third-order valence-corrected chi connectivity index (χ3v) is 8.77. The minimum atomic E-state index is -0.142. The predicted molar refractivity (Wildman–Crippen MR) is 128 cm³/mol. The second-order valence-corrected chi connectivity index (χ2v) is 11.3. The van der Waals surface area contributed by atoms with Crippen molar-refractivity contribution in [3.05, 3.63) is 0 Å². The minimum Gasteiger partial charge on any atom is -0.381 e. The number of hydrogen-bond donors (Lipinski definition) is 4. The molecule has 4 rings (SSSR count). The van der Waals surface area contributed by atoms with E-state index in [1.54, 1.807) is 0 Å². The highest BCUT2D eigenvalue weighted by Crippen LogP contribution is 2.38. The summed E-state index contributed by atoms with van der Waals surface area (Å²) in [6.07, 6.45) is 6.87. The van der Waals surface area contributed by atoms with Crippen molar-refractivity contribution in [3.63, 3.8) is 0 Å². The molecule has 33 heavy (non-hydrogen) atoms. The fourth-order valence-electron chi connectivity index (χ4n) is 6.81. The monoisotopic (exact) mass is 463 g/mol. The number of hydrogen-bond acceptors (Lipinski definition) is 6. The zero-order valence-corrected chi connectivity index (χ0v) is 21.1. The van der Waals surface area contributed by atoms with E-state index in [1.165, 1.54) is 0 Å². The Bertz CT molecular complexity index is 696. The van der Waals surface area contributed by atoms with Crippen LogP contribution in [0.4, 0.5) is 0 Å². The lowest BCUT2D eigenvalue weighted by atomic mass is 9.73. The van der Waals surface area contributed by atoms with Crippen molar-refractivity contribution in [3.8, 4) is 0 Å². The Morgan fingerprint density at radius 1 is 1.18 bits per heavy atom. The van der Waals surface area contributed by atoms with Crippen molar-refractivity contribution in [2.75, 3.05) is 20.2 Å². The van der Waals surface area contributed by atoms with Gasteiger partial charge in [0, 0.05) is 50.2 Å². The first kappa shape index (κ1) is 24.9. The maximum absolute atomic E-state index is 13.5. The molecule has 2 amide bonds. The van der Waals surface area contributed by atoms with Crippen molar-refractivity contribution in [2.24, 2.45) is 29.6 Å². The Hall–Kier alpha value is -1.22. The van der Waals surface area contributed by atoms with Crippen LogP contribution >= 0.6 is 0 Å². The van der Waals surface area contributed by atoms with Gasteiger partial charge in [-0.1, -0.05) is 6.92 Å². The predicted octanol–water partition coefficient (Wildman–Crippen LogP) is 1.62. The Labute approximate surface area is 199 Å². The number of carbonyl (C=O) groups excluding carboxylic acids is 2. The first-order valence-corrected chi connectivity index (χ1v) is 13.2. The molecule has 7 atom stereocenters. The Balaban J connectivity index is 1.43. The third-order valence-electron chi connectivity index (χ3n) is 8.77. The Kier molecular flexibility index (Phi) is 7.98. The second kappa shape index (κ2) is 10.6. The van der Waals surface area contributed by atoms with Gasteiger partial charge in [0.2, 0.25) is 11.8 Å². The van der Waals surface area contributed by atoms with Gasteiger partial charge in [-0.15, -0.1) is 0 Å². The van der Waals surface area contributed by atoms with E-state index in [4.69, 9.17) is 4.74 Å². The number of piperidine rings is 2. The molecular formula is C25H45N5O3. The summed E-state index contributed by atoms with van der Waals surface area (Å²) in [4.78, 5) is 26.0. The van der Waals surface area contributed by atoms with E-state index in [9.17, 15) is 9.59 Å². The molecule has 8 nitrogen and oxygen atoms in total. The summed E-state index contributed by atoms with van der Waals surface area (Å²) in [7, 11) is 1.81. The molecule has 0 aromatic rings. The van der Waals surface area contributed by atoms with Crippen molar-refractivity contribution in [1.29, 1.82) is 0 Å². The first-order chi connectivity index (χ1) is 15.8. The Morgan fingerprint density at radius 2 is 1.91 bits per heavy atom. The Morgan fingerprint density at radius 3 is 2.55 bits per heavy atom. The number of rotatable bonds is 6. The lowest BCUT2D eigenvalue weighted by Crippen LogP contribution is -2.62. The molecule has 4 N–H and O–H groups in total. The van der Waals surface area contributed by atoms with Gasteiger partial charge in [-0.3, -0.25) is 20.3 Å². The molecule has 0 bridgehead atoms. The topological polar surface area (TPSA) is 94.7 Å². The van der Waals surface area contributed by atoms with E-state index < -0.39 is 0 Å². The summed E-state index contributed by atoms with van der Waals surface area (Å²) in [5.74, 6) is 1.10. The van der Waals surface area contributed by atoms with E-state index in [1.807, 2.05) is 14.0 Å². The van der Waals surface area contributed by atoms with Gasteiger partial charge < -0.3 is 15.4 Å². The van der Waals surface area contributed by atoms with Gasteiger partial charge >= 0.3 is 0 Å². The maximum Gasteiger partial charge on any atom is 0.225 e. The van der Waals surface area contributed by atoms with Crippen LogP contribution < -0.4 is 21.4 Å². The van der Waals surface area contributed by atoms with Crippen LogP contribution in [0.1, 0.15) is 66.2 Å². The van der Waals surface area contributed by atoms with E-state index in [2.05, 4.69) is 47.2 Å². The van der Waals surface area contributed by atoms with Crippen LogP contribution in [-0.2, 0) is 14.3 Å². The highest BCUT2D eigenvalue weighted by atomic mass is 16.5.